The number of carbonyl (C=O) groups excluding carboxylic acids is 2. The van der Waals surface area contributed by atoms with E-state index in [2.05, 4.69) is 5.10 Å². The molecule has 178 valence electrons. The summed E-state index contributed by atoms with van der Waals surface area (Å²) in [6.07, 6.45) is 1.65. The maximum Gasteiger partial charge on any atom is 0.283 e. The molecule has 2 amide bonds. The average Bonchev–Trinajstić information content (AvgIpc) is 3.13. The third-order valence-electron chi connectivity index (χ3n) is 5.42. The minimum atomic E-state index is -0.495. The van der Waals surface area contributed by atoms with Gasteiger partial charge in [0.2, 0.25) is 0 Å². The molecule has 0 fully saturated rings. The van der Waals surface area contributed by atoms with Crippen molar-refractivity contribution in [3.8, 4) is 11.5 Å². The van der Waals surface area contributed by atoms with Crippen molar-refractivity contribution in [1.82, 2.24) is 5.01 Å². The molecule has 0 aliphatic carbocycles. The highest BCUT2D eigenvalue weighted by molar-refractivity contribution is 6.33. The summed E-state index contributed by atoms with van der Waals surface area (Å²) < 4.78 is 11.8. The number of ether oxygens (including phenoxy) is 2. The van der Waals surface area contributed by atoms with Gasteiger partial charge in [0.15, 0.2) is 11.5 Å². The van der Waals surface area contributed by atoms with E-state index in [1.807, 2.05) is 38.1 Å². The molecule has 0 atom stereocenters. The van der Waals surface area contributed by atoms with Gasteiger partial charge in [0.1, 0.15) is 6.61 Å². The summed E-state index contributed by atoms with van der Waals surface area (Å²) in [6, 6.07) is 20.1. The number of benzene rings is 3. The quantitative estimate of drug-likeness (QED) is 0.299. The lowest BCUT2D eigenvalue weighted by Crippen LogP contribution is -2.29. The van der Waals surface area contributed by atoms with E-state index >= 15 is 0 Å². The van der Waals surface area contributed by atoms with Crippen LogP contribution in [-0.2, 0) is 11.4 Å². The van der Waals surface area contributed by atoms with Crippen LogP contribution in [0.2, 0.25) is 5.02 Å². The van der Waals surface area contributed by atoms with Crippen molar-refractivity contribution in [2.45, 2.75) is 27.4 Å². The van der Waals surface area contributed by atoms with Crippen molar-refractivity contribution in [2.24, 2.45) is 5.10 Å². The van der Waals surface area contributed by atoms with Crippen molar-refractivity contribution < 1.29 is 19.1 Å². The minimum Gasteiger partial charge on any atom is -0.490 e. The summed E-state index contributed by atoms with van der Waals surface area (Å²) in [5, 5.41) is 5.43. The van der Waals surface area contributed by atoms with E-state index in [1.165, 1.54) is 5.56 Å². The Morgan fingerprint density at radius 3 is 2.43 bits per heavy atom. The molecule has 0 bridgehead atoms. The van der Waals surface area contributed by atoms with E-state index in [0.29, 0.717) is 52.1 Å². The molecule has 6 nitrogen and oxygen atoms in total. The van der Waals surface area contributed by atoms with Crippen LogP contribution in [0.25, 0.3) is 6.08 Å². The van der Waals surface area contributed by atoms with Crippen molar-refractivity contribution in [3.63, 3.8) is 0 Å². The summed E-state index contributed by atoms with van der Waals surface area (Å²) in [5.41, 5.74) is 3.94. The fraction of sp³-hybridized carbons (Fsp3) is 0.179. The molecule has 0 unspecified atom stereocenters. The van der Waals surface area contributed by atoms with Crippen LogP contribution in [0.3, 0.4) is 0 Å². The van der Waals surface area contributed by atoms with Crippen LogP contribution in [0.1, 0.15) is 40.9 Å². The van der Waals surface area contributed by atoms with Crippen molar-refractivity contribution in [2.75, 3.05) is 6.61 Å². The van der Waals surface area contributed by atoms with Gasteiger partial charge in [0.25, 0.3) is 11.8 Å². The van der Waals surface area contributed by atoms with Gasteiger partial charge < -0.3 is 9.47 Å². The molecule has 0 radical (unpaired) electrons. The molecule has 1 heterocycles. The highest BCUT2D eigenvalue weighted by Gasteiger charge is 2.33. The molecule has 0 saturated carbocycles. The Labute approximate surface area is 209 Å². The van der Waals surface area contributed by atoms with Gasteiger partial charge in [-0.2, -0.15) is 10.1 Å². The summed E-state index contributed by atoms with van der Waals surface area (Å²) in [7, 11) is 0. The zero-order valence-corrected chi connectivity index (χ0v) is 20.5. The lowest BCUT2D eigenvalue weighted by Gasteiger charge is -2.15. The van der Waals surface area contributed by atoms with Crippen LogP contribution in [0, 0.1) is 6.92 Å². The van der Waals surface area contributed by atoms with Gasteiger partial charge >= 0.3 is 0 Å². The number of imide groups is 1. The maximum atomic E-state index is 13.0. The zero-order valence-electron chi connectivity index (χ0n) is 19.7. The molecule has 7 heteroatoms. The van der Waals surface area contributed by atoms with Gasteiger partial charge in [-0.05, 0) is 62.2 Å². The normalized spacial score (nSPS) is 14.3. The second kappa shape index (κ2) is 10.6. The SMILES string of the molecule is CCOc1cc(/C=C2/C(=O)N(C(=O)c3ccccc3)N=C2C)cc(Cl)c1OCc1ccc(C)cc1. The molecular weight excluding hydrogens is 464 g/mol. The second-order valence-electron chi connectivity index (χ2n) is 8.07. The summed E-state index contributed by atoms with van der Waals surface area (Å²) >= 11 is 6.57. The summed E-state index contributed by atoms with van der Waals surface area (Å²) in [4.78, 5) is 25.8. The fourth-order valence-electron chi connectivity index (χ4n) is 3.61. The van der Waals surface area contributed by atoms with E-state index in [0.717, 1.165) is 10.6 Å². The molecule has 0 spiro atoms. The first kappa shape index (κ1) is 24.2. The highest BCUT2D eigenvalue weighted by atomic mass is 35.5. The third-order valence-corrected chi connectivity index (χ3v) is 5.70. The molecule has 0 saturated heterocycles. The molecule has 1 aliphatic rings. The Balaban J connectivity index is 1.59. The first-order valence-electron chi connectivity index (χ1n) is 11.2. The van der Waals surface area contributed by atoms with Gasteiger partial charge in [-0.1, -0.05) is 59.6 Å². The number of hydrogen-bond acceptors (Lipinski definition) is 5. The van der Waals surface area contributed by atoms with Crippen LogP contribution in [-0.4, -0.2) is 29.1 Å². The van der Waals surface area contributed by atoms with Crippen molar-refractivity contribution in [1.29, 1.82) is 0 Å². The maximum absolute atomic E-state index is 13.0. The predicted octanol–water partition coefficient (Wildman–Crippen LogP) is 6.07. The first-order valence-corrected chi connectivity index (χ1v) is 11.6. The summed E-state index contributed by atoms with van der Waals surface area (Å²) in [6.45, 7) is 6.33. The standard InChI is InChI=1S/C28H25ClN2O4/c1-4-34-25-16-21(15-24(29)26(25)35-17-20-12-10-18(2)11-13-20)14-23-19(3)30-31(28(23)33)27(32)22-8-6-5-7-9-22/h5-16H,4,17H2,1-3H3/b23-14+. The molecule has 3 aromatic carbocycles. The number of rotatable bonds is 7. The van der Waals surface area contributed by atoms with Gasteiger partial charge in [0.05, 0.1) is 22.9 Å². The molecule has 1 aliphatic heterocycles. The number of hydrogen-bond donors (Lipinski definition) is 0. The van der Waals surface area contributed by atoms with Crippen LogP contribution in [0.15, 0.2) is 77.4 Å². The Bertz CT molecular complexity index is 1310. The van der Waals surface area contributed by atoms with Crippen molar-refractivity contribution in [3.05, 3.63) is 99.6 Å². The smallest absolute Gasteiger partial charge is 0.283 e. The van der Waals surface area contributed by atoms with E-state index in [4.69, 9.17) is 21.1 Å². The minimum absolute atomic E-state index is 0.307. The lowest BCUT2D eigenvalue weighted by atomic mass is 10.1. The fourth-order valence-corrected chi connectivity index (χ4v) is 3.88. The largest absolute Gasteiger partial charge is 0.490 e. The average molecular weight is 489 g/mol. The van der Waals surface area contributed by atoms with E-state index in [-0.39, 0.29) is 0 Å². The van der Waals surface area contributed by atoms with Gasteiger partial charge in [-0.15, -0.1) is 0 Å². The number of carbonyl (C=O) groups is 2. The third kappa shape index (κ3) is 5.44. The Morgan fingerprint density at radius 1 is 1.03 bits per heavy atom. The summed E-state index contributed by atoms with van der Waals surface area (Å²) in [5.74, 6) is -0.0761. The van der Waals surface area contributed by atoms with Gasteiger partial charge in [-0.25, -0.2) is 0 Å². The molecule has 0 aromatic heterocycles. The molecule has 3 aromatic rings. The highest BCUT2D eigenvalue weighted by Crippen LogP contribution is 2.38. The predicted molar refractivity (Wildman–Crippen MR) is 137 cm³/mol. The van der Waals surface area contributed by atoms with E-state index in [1.54, 1.807) is 55.5 Å². The molecular formula is C28H25ClN2O4. The lowest BCUT2D eigenvalue weighted by molar-refractivity contribution is -0.123. The zero-order chi connectivity index (χ0) is 24.9. The van der Waals surface area contributed by atoms with E-state index in [9.17, 15) is 9.59 Å². The van der Waals surface area contributed by atoms with E-state index < -0.39 is 11.8 Å². The molecule has 35 heavy (non-hydrogen) atoms. The monoisotopic (exact) mass is 488 g/mol. The van der Waals surface area contributed by atoms with Crippen LogP contribution >= 0.6 is 11.6 Å². The number of halogens is 1. The Morgan fingerprint density at radius 2 is 1.74 bits per heavy atom. The number of aryl methyl sites for hydroxylation is 1. The van der Waals surface area contributed by atoms with Crippen LogP contribution < -0.4 is 9.47 Å². The van der Waals surface area contributed by atoms with Crippen molar-refractivity contribution >= 4 is 35.2 Å². The number of hydrazone groups is 1. The second-order valence-corrected chi connectivity index (χ2v) is 8.48. The molecule has 4 rings (SSSR count). The Kier molecular flexibility index (Phi) is 7.32. The van der Waals surface area contributed by atoms with Crippen LogP contribution in [0.5, 0.6) is 11.5 Å². The number of nitrogens with zero attached hydrogens (tertiary/aromatic N) is 2. The van der Waals surface area contributed by atoms with Crippen LogP contribution in [0.4, 0.5) is 0 Å². The topological polar surface area (TPSA) is 68.2 Å². The van der Waals surface area contributed by atoms with Gasteiger partial charge in [-0.3, -0.25) is 9.59 Å². The molecule has 0 N–H and O–H groups in total. The van der Waals surface area contributed by atoms with Gasteiger partial charge in [0, 0.05) is 5.56 Å². The number of amides is 2. The Hall–Kier alpha value is -3.90. The first-order chi connectivity index (χ1) is 16.9.